The molecule has 0 saturated carbocycles. The van der Waals surface area contributed by atoms with Gasteiger partial charge in [-0.15, -0.1) is 0 Å². The van der Waals surface area contributed by atoms with Crippen molar-refractivity contribution < 1.29 is 4.79 Å². The SMILES string of the molecule is O=C(NCc1ccccn1)c1nn(-c2ccccc2)c(=O)n(Cc2ccccc2)c1=O. The van der Waals surface area contributed by atoms with Gasteiger partial charge in [-0.05, 0) is 29.8 Å². The molecule has 1 amide bonds. The number of pyridine rings is 1. The molecular weight excluding hydrogens is 394 g/mol. The highest BCUT2D eigenvalue weighted by Crippen LogP contribution is 2.04. The predicted molar refractivity (Wildman–Crippen MR) is 115 cm³/mol. The molecule has 31 heavy (non-hydrogen) atoms. The molecule has 4 rings (SSSR count). The summed E-state index contributed by atoms with van der Waals surface area (Å²) in [5.74, 6) is -0.679. The number of nitrogens with one attached hydrogen (secondary N) is 1. The number of para-hydroxylation sites is 1. The van der Waals surface area contributed by atoms with E-state index in [2.05, 4.69) is 15.4 Å². The molecular formula is C23H19N5O3. The average Bonchev–Trinajstić information content (AvgIpc) is 2.82. The minimum atomic E-state index is -0.750. The number of carbonyl (C=O) groups excluding carboxylic acids is 1. The average molecular weight is 413 g/mol. The Kier molecular flexibility index (Phi) is 5.79. The van der Waals surface area contributed by atoms with Gasteiger partial charge in [0.25, 0.3) is 11.5 Å². The van der Waals surface area contributed by atoms with Gasteiger partial charge in [0, 0.05) is 6.20 Å². The van der Waals surface area contributed by atoms with Crippen LogP contribution in [0.25, 0.3) is 5.69 Å². The van der Waals surface area contributed by atoms with Crippen molar-refractivity contribution >= 4 is 5.91 Å². The molecule has 0 fully saturated rings. The Morgan fingerprint density at radius 3 is 2.23 bits per heavy atom. The molecule has 0 aliphatic carbocycles. The van der Waals surface area contributed by atoms with Crippen LogP contribution in [0.4, 0.5) is 0 Å². The number of nitrogens with zero attached hydrogens (tertiary/aromatic N) is 4. The topological polar surface area (TPSA) is 98.9 Å². The van der Waals surface area contributed by atoms with Crippen LogP contribution in [0.5, 0.6) is 0 Å². The third-order valence-electron chi connectivity index (χ3n) is 4.62. The fraction of sp³-hybridized carbons (Fsp3) is 0.0870. The molecule has 0 spiro atoms. The number of aromatic nitrogens is 4. The standard InChI is InChI=1S/C23H19N5O3/c29-21(25-15-18-11-7-8-14-24-18)20-22(30)27(16-17-9-3-1-4-10-17)23(31)28(26-20)19-12-5-2-6-13-19/h1-14H,15-16H2,(H,25,29). The Hall–Kier alpha value is -4.33. The van der Waals surface area contributed by atoms with E-state index in [1.54, 1.807) is 66.9 Å². The zero-order chi connectivity index (χ0) is 21.6. The van der Waals surface area contributed by atoms with Gasteiger partial charge in [0.2, 0.25) is 5.69 Å². The van der Waals surface area contributed by atoms with Crippen molar-refractivity contribution in [2.75, 3.05) is 0 Å². The maximum Gasteiger partial charge on any atom is 0.352 e. The number of hydrogen-bond donors (Lipinski definition) is 1. The molecule has 0 aliphatic heterocycles. The fourth-order valence-corrected chi connectivity index (χ4v) is 3.06. The van der Waals surface area contributed by atoms with E-state index in [-0.39, 0.29) is 18.8 Å². The van der Waals surface area contributed by atoms with E-state index < -0.39 is 17.2 Å². The molecule has 0 aliphatic rings. The number of benzene rings is 2. The summed E-state index contributed by atoms with van der Waals surface area (Å²) in [4.78, 5) is 43.1. The largest absolute Gasteiger partial charge is 0.352 e. The third kappa shape index (κ3) is 4.48. The Morgan fingerprint density at radius 2 is 1.55 bits per heavy atom. The third-order valence-corrected chi connectivity index (χ3v) is 4.62. The Balaban J connectivity index is 1.76. The quantitative estimate of drug-likeness (QED) is 0.519. The van der Waals surface area contributed by atoms with Crippen molar-refractivity contribution in [2.45, 2.75) is 13.1 Å². The maximum atomic E-state index is 13.1. The van der Waals surface area contributed by atoms with Gasteiger partial charge < -0.3 is 5.32 Å². The minimum absolute atomic E-state index is 0.0222. The summed E-state index contributed by atoms with van der Waals surface area (Å²) in [6.07, 6.45) is 1.61. The lowest BCUT2D eigenvalue weighted by molar-refractivity contribution is 0.0940. The second-order valence-corrected chi connectivity index (χ2v) is 6.76. The molecule has 4 aromatic rings. The maximum absolute atomic E-state index is 13.1. The van der Waals surface area contributed by atoms with Gasteiger partial charge in [-0.25, -0.2) is 4.79 Å². The number of amides is 1. The van der Waals surface area contributed by atoms with Gasteiger partial charge in [0.1, 0.15) is 0 Å². The molecule has 154 valence electrons. The van der Waals surface area contributed by atoms with Gasteiger partial charge in [0.15, 0.2) is 0 Å². The first kappa shape index (κ1) is 20.0. The number of rotatable bonds is 6. The monoisotopic (exact) mass is 413 g/mol. The van der Waals surface area contributed by atoms with Crippen LogP contribution in [-0.4, -0.2) is 25.2 Å². The molecule has 0 atom stereocenters. The summed E-state index contributed by atoms with van der Waals surface area (Å²) in [7, 11) is 0. The molecule has 2 aromatic heterocycles. The minimum Gasteiger partial charge on any atom is -0.345 e. The van der Waals surface area contributed by atoms with E-state index in [1.165, 1.54) is 0 Å². The van der Waals surface area contributed by atoms with Crippen LogP contribution in [0.3, 0.4) is 0 Å². The van der Waals surface area contributed by atoms with Crippen LogP contribution in [0.15, 0.2) is 94.6 Å². The van der Waals surface area contributed by atoms with Crippen LogP contribution >= 0.6 is 0 Å². The predicted octanol–water partition coefficient (Wildman–Crippen LogP) is 1.77. The molecule has 8 heteroatoms. The van der Waals surface area contributed by atoms with E-state index in [0.29, 0.717) is 11.4 Å². The van der Waals surface area contributed by atoms with Crippen molar-refractivity contribution in [2.24, 2.45) is 0 Å². The number of hydrogen-bond acceptors (Lipinski definition) is 5. The molecule has 0 unspecified atom stereocenters. The van der Waals surface area contributed by atoms with E-state index in [1.807, 2.05) is 18.2 Å². The summed E-state index contributed by atoms with van der Waals surface area (Å²) in [6.45, 7) is 0.151. The second kappa shape index (κ2) is 9.00. The van der Waals surface area contributed by atoms with Crippen LogP contribution in [0.2, 0.25) is 0 Å². The normalized spacial score (nSPS) is 10.6. The fourth-order valence-electron chi connectivity index (χ4n) is 3.06. The number of carbonyl (C=O) groups is 1. The van der Waals surface area contributed by atoms with Gasteiger partial charge in [-0.2, -0.15) is 9.78 Å². The van der Waals surface area contributed by atoms with E-state index in [0.717, 1.165) is 14.8 Å². The summed E-state index contributed by atoms with van der Waals surface area (Å²) in [6, 6.07) is 23.1. The summed E-state index contributed by atoms with van der Waals surface area (Å²) < 4.78 is 2.09. The summed E-state index contributed by atoms with van der Waals surface area (Å²) >= 11 is 0. The molecule has 0 saturated heterocycles. The van der Waals surface area contributed by atoms with E-state index >= 15 is 0 Å². The molecule has 0 radical (unpaired) electrons. The van der Waals surface area contributed by atoms with E-state index in [9.17, 15) is 14.4 Å². The highest BCUT2D eigenvalue weighted by molar-refractivity contribution is 5.91. The van der Waals surface area contributed by atoms with Gasteiger partial charge in [-0.1, -0.05) is 54.6 Å². The Bertz CT molecular complexity index is 1300. The zero-order valence-corrected chi connectivity index (χ0v) is 16.5. The molecule has 2 aromatic carbocycles. The Morgan fingerprint density at radius 1 is 0.871 bits per heavy atom. The lowest BCUT2D eigenvalue weighted by Crippen LogP contribution is -2.46. The van der Waals surface area contributed by atoms with Crippen LogP contribution in [0, 0.1) is 0 Å². The van der Waals surface area contributed by atoms with Crippen molar-refractivity contribution in [3.05, 3.63) is 123 Å². The van der Waals surface area contributed by atoms with Crippen LogP contribution < -0.4 is 16.6 Å². The first-order valence-electron chi connectivity index (χ1n) is 9.65. The first-order chi connectivity index (χ1) is 15.1. The van der Waals surface area contributed by atoms with Crippen molar-refractivity contribution in [1.29, 1.82) is 0 Å². The Labute approximate surface area is 177 Å². The molecule has 0 bridgehead atoms. The second-order valence-electron chi connectivity index (χ2n) is 6.76. The van der Waals surface area contributed by atoms with Crippen molar-refractivity contribution in [3.8, 4) is 5.69 Å². The van der Waals surface area contributed by atoms with Crippen molar-refractivity contribution in [3.63, 3.8) is 0 Å². The van der Waals surface area contributed by atoms with Gasteiger partial charge in [-0.3, -0.25) is 19.1 Å². The molecule has 1 N–H and O–H groups in total. The van der Waals surface area contributed by atoms with Crippen LogP contribution in [-0.2, 0) is 13.1 Å². The zero-order valence-electron chi connectivity index (χ0n) is 16.5. The lowest BCUT2D eigenvalue weighted by Gasteiger charge is -2.12. The van der Waals surface area contributed by atoms with E-state index in [4.69, 9.17) is 0 Å². The molecule has 8 nitrogen and oxygen atoms in total. The smallest absolute Gasteiger partial charge is 0.345 e. The first-order valence-corrected chi connectivity index (χ1v) is 9.65. The van der Waals surface area contributed by atoms with Gasteiger partial charge >= 0.3 is 5.69 Å². The lowest BCUT2D eigenvalue weighted by atomic mass is 10.2. The summed E-state index contributed by atoms with van der Waals surface area (Å²) in [5.41, 5.74) is 0.105. The molecule has 2 heterocycles. The van der Waals surface area contributed by atoms with Crippen molar-refractivity contribution in [1.82, 2.24) is 24.6 Å². The highest BCUT2D eigenvalue weighted by Gasteiger charge is 2.20. The summed E-state index contributed by atoms with van der Waals surface area (Å²) in [5, 5.41) is 6.75. The highest BCUT2D eigenvalue weighted by atomic mass is 16.2. The van der Waals surface area contributed by atoms with Gasteiger partial charge in [0.05, 0.1) is 24.5 Å². The van der Waals surface area contributed by atoms with Crippen LogP contribution in [0.1, 0.15) is 21.7 Å².